The third-order valence-corrected chi connectivity index (χ3v) is 2.79. The molecule has 0 radical (unpaired) electrons. The van der Waals surface area contributed by atoms with Gasteiger partial charge in [0.15, 0.2) is 0 Å². The molecule has 0 atom stereocenters. The first kappa shape index (κ1) is 14.5. The number of carbonyl (C=O) groups excluding carboxylic acids is 1. The number of hydrogen-bond acceptors (Lipinski definition) is 5. The number of carbonyl (C=O) groups is 1. The van der Waals surface area contributed by atoms with Crippen LogP contribution in [0.3, 0.4) is 0 Å². The Morgan fingerprint density at radius 3 is 2.78 bits per heavy atom. The Balaban J connectivity index is 2.46. The van der Waals surface area contributed by atoms with Gasteiger partial charge in [-0.1, -0.05) is 11.6 Å². The quantitative estimate of drug-likeness (QED) is 0.817. The molecule has 0 bridgehead atoms. The zero-order chi connectivity index (χ0) is 13.5. The molecular formula is C11H18ClN5O. The number of nitrogens with one attached hydrogen (secondary N) is 1. The number of halogens is 1. The molecule has 0 saturated carbocycles. The van der Waals surface area contributed by atoms with Crippen molar-refractivity contribution in [2.75, 3.05) is 30.7 Å². The molecule has 1 amide bonds. The molecule has 0 aromatic carbocycles. The molecule has 0 aliphatic heterocycles. The Morgan fingerprint density at radius 1 is 1.50 bits per heavy atom. The highest BCUT2D eigenvalue weighted by atomic mass is 35.5. The van der Waals surface area contributed by atoms with Gasteiger partial charge in [-0.25, -0.2) is 4.98 Å². The lowest BCUT2D eigenvalue weighted by Crippen LogP contribution is -2.31. The third-order valence-electron chi connectivity index (χ3n) is 2.51. The SMILES string of the molecule is CCN(CC)C(=O)CCNc1nc(N)ncc1Cl. The van der Waals surface area contributed by atoms with Crippen LogP contribution in [0, 0.1) is 0 Å². The van der Waals surface area contributed by atoms with Crippen molar-refractivity contribution in [1.29, 1.82) is 0 Å². The van der Waals surface area contributed by atoms with Crippen LogP contribution in [0.25, 0.3) is 0 Å². The van der Waals surface area contributed by atoms with Gasteiger partial charge in [0.1, 0.15) is 10.8 Å². The number of hydrogen-bond donors (Lipinski definition) is 2. The minimum atomic E-state index is 0.102. The first-order valence-corrected chi connectivity index (χ1v) is 6.25. The van der Waals surface area contributed by atoms with Gasteiger partial charge in [-0.15, -0.1) is 0 Å². The Bertz CT molecular complexity index is 408. The number of nitrogens with zero attached hydrogens (tertiary/aromatic N) is 3. The van der Waals surface area contributed by atoms with Crippen molar-refractivity contribution in [1.82, 2.24) is 14.9 Å². The fourth-order valence-corrected chi connectivity index (χ4v) is 1.68. The van der Waals surface area contributed by atoms with Crippen molar-refractivity contribution in [3.8, 4) is 0 Å². The molecule has 0 spiro atoms. The normalized spacial score (nSPS) is 10.2. The van der Waals surface area contributed by atoms with Crippen LogP contribution in [0.15, 0.2) is 6.20 Å². The van der Waals surface area contributed by atoms with Crippen LogP contribution in [0.5, 0.6) is 0 Å². The molecule has 3 N–H and O–H groups in total. The molecule has 100 valence electrons. The van der Waals surface area contributed by atoms with Crippen molar-refractivity contribution in [2.45, 2.75) is 20.3 Å². The molecule has 6 nitrogen and oxygen atoms in total. The maximum atomic E-state index is 11.7. The fraction of sp³-hybridized carbons (Fsp3) is 0.545. The van der Waals surface area contributed by atoms with Crippen LogP contribution in [-0.2, 0) is 4.79 Å². The average molecular weight is 272 g/mol. The van der Waals surface area contributed by atoms with Gasteiger partial charge in [0.2, 0.25) is 11.9 Å². The highest BCUT2D eigenvalue weighted by molar-refractivity contribution is 6.32. The smallest absolute Gasteiger partial charge is 0.224 e. The molecule has 0 unspecified atom stereocenters. The summed E-state index contributed by atoms with van der Waals surface area (Å²) in [5.41, 5.74) is 5.45. The predicted octanol–water partition coefficient (Wildman–Crippen LogP) is 1.38. The number of anilines is 2. The van der Waals surface area contributed by atoms with Gasteiger partial charge in [-0.05, 0) is 13.8 Å². The Kier molecular flexibility index (Phi) is 5.64. The van der Waals surface area contributed by atoms with E-state index in [0.717, 1.165) is 13.1 Å². The van der Waals surface area contributed by atoms with Gasteiger partial charge in [0.05, 0.1) is 6.20 Å². The van der Waals surface area contributed by atoms with Gasteiger partial charge < -0.3 is 16.0 Å². The van der Waals surface area contributed by atoms with Crippen LogP contribution in [0.2, 0.25) is 5.02 Å². The van der Waals surface area contributed by atoms with E-state index in [0.29, 0.717) is 23.8 Å². The summed E-state index contributed by atoms with van der Waals surface area (Å²) >= 11 is 5.89. The van der Waals surface area contributed by atoms with E-state index >= 15 is 0 Å². The van der Waals surface area contributed by atoms with Crippen molar-refractivity contribution in [2.24, 2.45) is 0 Å². The summed E-state index contributed by atoms with van der Waals surface area (Å²) < 4.78 is 0. The second-order valence-corrected chi connectivity index (χ2v) is 4.07. The predicted molar refractivity (Wildman–Crippen MR) is 72.5 cm³/mol. The summed E-state index contributed by atoms with van der Waals surface area (Å²) in [4.78, 5) is 21.2. The monoisotopic (exact) mass is 271 g/mol. The molecule has 7 heteroatoms. The summed E-state index contributed by atoms with van der Waals surface area (Å²) in [6.45, 7) is 5.81. The summed E-state index contributed by atoms with van der Waals surface area (Å²) in [6, 6.07) is 0. The second kappa shape index (κ2) is 7.00. The Morgan fingerprint density at radius 2 is 2.17 bits per heavy atom. The first-order valence-electron chi connectivity index (χ1n) is 5.88. The van der Waals surface area contributed by atoms with E-state index in [1.54, 1.807) is 4.90 Å². The number of rotatable bonds is 6. The van der Waals surface area contributed by atoms with Crippen LogP contribution in [0.4, 0.5) is 11.8 Å². The molecule has 0 aliphatic carbocycles. The fourth-order valence-electron chi connectivity index (χ4n) is 1.53. The van der Waals surface area contributed by atoms with E-state index in [1.165, 1.54) is 6.20 Å². The van der Waals surface area contributed by atoms with Crippen molar-refractivity contribution < 1.29 is 4.79 Å². The van der Waals surface area contributed by atoms with E-state index in [2.05, 4.69) is 15.3 Å². The zero-order valence-corrected chi connectivity index (χ0v) is 11.4. The Hall–Kier alpha value is -1.56. The van der Waals surface area contributed by atoms with E-state index in [9.17, 15) is 4.79 Å². The standard InChI is InChI=1S/C11H18ClN5O/c1-3-17(4-2)9(18)5-6-14-10-8(12)7-15-11(13)16-10/h7H,3-6H2,1-2H3,(H3,13,14,15,16). The second-order valence-electron chi connectivity index (χ2n) is 3.67. The van der Waals surface area contributed by atoms with Crippen molar-refractivity contribution in [3.05, 3.63) is 11.2 Å². The number of aromatic nitrogens is 2. The topological polar surface area (TPSA) is 84.1 Å². The van der Waals surface area contributed by atoms with E-state index in [4.69, 9.17) is 17.3 Å². The average Bonchev–Trinajstić information content (AvgIpc) is 2.35. The maximum absolute atomic E-state index is 11.7. The Labute approximate surface area is 112 Å². The van der Waals surface area contributed by atoms with Crippen molar-refractivity contribution in [3.63, 3.8) is 0 Å². The highest BCUT2D eigenvalue weighted by Gasteiger charge is 2.09. The first-order chi connectivity index (χ1) is 8.58. The molecule has 0 saturated heterocycles. The van der Waals surface area contributed by atoms with Crippen LogP contribution >= 0.6 is 11.6 Å². The summed E-state index contributed by atoms with van der Waals surface area (Å²) in [7, 11) is 0. The van der Waals surface area contributed by atoms with E-state index in [-0.39, 0.29) is 11.9 Å². The van der Waals surface area contributed by atoms with Gasteiger partial charge in [0.25, 0.3) is 0 Å². The van der Waals surface area contributed by atoms with Crippen molar-refractivity contribution >= 4 is 29.3 Å². The largest absolute Gasteiger partial charge is 0.368 e. The molecule has 18 heavy (non-hydrogen) atoms. The summed E-state index contributed by atoms with van der Waals surface area (Å²) in [5, 5.41) is 3.37. The molecule has 0 fully saturated rings. The van der Waals surface area contributed by atoms with Gasteiger partial charge >= 0.3 is 0 Å². The maximum Gasteiger partial charge on any atom is 0.224 e. The lowest BCUT2D eigenvalue weighted by atomic mass is 10.3. The summed E-state index contributed by atoms with van der Waals surface area (Å²) in [6.07, 6.45) is 1.82. The number of nitrogens with two attached hydrogens (primary N) is 1. The zero-order valence-electron chi connectivity index (χ0n) is 10.6. The third kappa shape index (κ3) is 4.03. The van der Waals surface area contributed by atoms with E-state index < -0.39 is 0 Å². The molecule has 1 aromatic rings. The highest BCUT2D eigenvalue weighted by Crippen LogP contribution is 2.18. The van der Waals surface area contributed by atoms with Crippen LogP contribution in [-0.4, -0.2) is 40.4 Å². The summed E-state index contributed by atoms with van der Waals surface area (Å²) in [5.74, 6) is 0.708. The molecular weight excluding hydrogens is 254 g/mol. The minimum absolute atomic E-state index is 0.102. The number of nitrogen functional groups attached to an aromatic ring is 1. The lowest BCUT2D eigenvalue weighted by Gasteiger charge is -2.18. The molecule has 0 aliphatic rings. The minimum Gasteiger partial charge on any atom is -0.368 e. The van der Waals surface area contributed by atoms with Crippen LogP contribution < -0.4 is 11.1 Å². The van der Waals surface area contributed by atoms with Gasteiger partial charge in [0, 0.05) is 26.1 Å². The van der Waals surface area contributed by atoms with Crippen LogP contribution in [0.1, 0.15) is 20.3 Å². The molecule has 1 heterocycles. The van der Waals surface area contributed by atoms with Gasteiger partial charge in [-0.2, -0.15) is 4.98 Å². The molecule has 1 rings (SSSR count). The van der Waals surface area contributed by atoms with E-state index in [1.807, 2.05) is 13.8 Å². The lowest BCUT2D eigenvalue weighted by molar-refractivity contribution is -0.130. The number of amides is 1. The van der Waals surface area contributed by atoms with Gasteiger partial charge in [-0.3, -0.25) is 4.79 Å². The molecule has 1 aromatic heterocycles.